The van der Waals surface area contributed by atoms with Crippen LogP contribution < -0.4 is 22.9 Å². The van der Waals surface area contributed by atoms with Crippen LogP contribution in [0.25, 0.3) is 11.0 Å². The van der Waals surface area contributed by atoms with Crippen molar-refractivity contribution < 1.29 is 14.7 Å². The maximum Gasteiger partial charge on any atom is 0.182 e. The molecule has 11 nitrogen and oxygen atoms in total. The normalized spacial score (nSPS) is 8.67. The molecule has 0 aliphatic heterocycles. The van der Waals surface area contributed by atoms with E-state index in [1.54, 1.807) is 31.6 Å². The number of aliphatic hydroxyl groups is 1. The van der Waals surface area contributed by atoms with Gasteiger partial charge in [-0.15, -0.1) is 0 Å². The number of rotatable bonds is 1. The third-order valence-corrected chi connectivity index (χ3v) is 2.42. The third kappa shape index (κ3) is 9.89. The number of nitrogens with two attached hydrogens (primary N) is 4. The fraction of sp³-hybridized carbons (Fsp3) is 0.125. The predicted octanol–water partition coefficient (Wildman–Crippen LogP) is -0.182. The first kappa shape index (κ1) is 23.1. The Hall–Kier alpha value is -3.86. The summed E-state index contributed by atoms with van der Waals surface area (Å²) >= 11 is 0. The number of nitrogen functional groups attached to an aromatic ring is 4. The summed E-state index contributed by atoms with van der Waals surface area (Å²) in [5, 5.41) is 7.57. The van der Waals surface area contributed by atoms with Crippen LogP contribution in [-0.4, -0.2) is 44.2 Å². The van der Waals surface area contributed by atoms with E-state index >= 15 is 0 Å². The van der Waals surface area contributed by atoms with Crippen molar-refractivity contribution in [2.24, 2.45) is 0 Å². The molecule has 3 rings (SSSR count). The molecule has 0 aromatic carbocycles. The van der Waals surface area contributed by atoms with Gasteiger partial charge in [0.25, 0.3) is 0 Å². The highest BCUT2D eigenvalue weighted by Crippen LogP contribution is 2.13. The molecule has 0 saturated carbocycles. The Morgan fingerprint density at radius 1 is 0.815 bits per heavy atom. The molecule has 0 atom stereocenters. The molecule has 0 amide bonds. The predicted molar refractivity (Wildman–Crippen MR) is 104 cm³/mol. The smallest absolute Gasteiger partial charge is 0.182 e. The zero-order valence-electron chi connectivity index (χ0n) is 14.7. The number of hydrogen-bond donors (Lipinski definition) is 5. The highest BCUT2D eigenvalue weighted by molar-refractivity contribution is 6.09. The van der Waals surface area contributed by atoms with Gasteiger partial charge in [0.1, 0.15) is 17.2 Å². The Labute approximate surface area is 155 Å². The SMILES string of the molecule is CCO.Nc1cc(N)c(N)cn1.Nc1cc2nccnc2cn1.O=CC=O. The summed E-state index contributed by atoms with van der Waals surface area (Å²) in [6, 6.07) is 3.22. The largest absolute Gasteiger partial charge is 0.397 e. The summed E-state index contributed by atoms with van der Waals surface area (Å²) in [5.41, 5.74) is 23.9. The van der Waals surface area contributed by atoms with Crippen LogP contribution in [0, 0.1) is 0 Å². The topological polar surface area (TPSA) is 210 Å². The molecule has 0 bridgehead atoms. The van der Waals surface area contributed by atoms with E-state index in [2.05, 4.69) is 19.9 Å². The second-order valence-corrected chi connectivity index (χ2v) is 4.48. The van der Waals surface area contributed by atoms with E-state index in [1.807, 2.05) is 0 Å². The first-order valence-corrected chi connectivity index (χ1v) is 7.48. The number of anilines is 4. The average molecular weight is 374 g/mol. The maximum atomic E-state index is 8.81. The number of hydrogen-bond acceptors (Lipinski definition) is 11. The van der Waals surface area contributed by atoms with Gasteiger partial charge < -0.3 is 28.0 Å². The molecule has 9 N–H and O–H groups in total. The van der Waals surface area contributed by atoms with E-state index in [0.717, 1.165) is 11.0 Å². The Kier molecular flexibility index (Phi) is 11.5. The van der Waals surface area contributed by atoms with E-state index in [0.29, 0.717) is 23.0 Å². The highest BCUT2D eigenvalue weighted by atomic mass is 16.2. The lowest BCUT2D eigenvalue weighted by Gasteiger charge is -1.97. The van der Waals surface area contributed by atoms with Crippen LogP contribution in [0.2, 0.25) is 0 Å². The van der Waals surface area contributed by atoms with Crippen molar-refractivity contribution in [1.29, 1.82) is 0 Å². The maximum absolute atomic E-state index is 8.81. The Bertz CT molecular complexity index is 839. The minimum absolute atomic E-state index is 0.194. The molecule has 0 spiro atoms. The van der Waals surface area contributed by atoms with E-state index in [4.69, 9.17) is 37.6 Å². The molecule has 0 fully saturated rings. The van der Waals surface area contributed by atoms with Gasteiger partial charge in [0.2, 0.25) is 0 Å². The monoisotopic (exact) mass is 374 g/mol. The second kappa shape index (κ2) is 13.4. The van der Waals surface area contributed by atoms with Crippen molar-refractivity contribution in [3.05, 3.63) is 36.9 Å². The molecule has 144 valence electrons. The van der Waals surface area contributed by atoms with Crippen molar-refractivity contribution in [3.8, 4) is 0 Å². The van der Waals surface area contributed by atoms with E-state index < -0.39 is 0 Å². The molecule has 0 saturated heterocycles. The van der Waals surface area contributed by atoms with Gasteiger partial charge >= 0.3 is 0 Å². The highest BCUT2D eigenvalue weighted by Gasteiger charge is 1.94. The molecule has 0 aliphatic rings. The molecule has 27 heavy (non-hydrogen) atoms. The zero-order chi connectivity index (χ0) is 20.7. The lowest BCUT2D eigenvalue weighted by Crippen LogP contribution is -1.98. The molecule has 11 heteroatoms. The minimum atomic E-state index is 0.194. The molecule has 3 heterocycles. The summed E-state index contributed by atoms with van der Waals surface area (Å²) in [6.45, 7) is 1.93. The van der Waals surface area contributed by atoms with Gasteiger partial charge in [-0.2, -0.15) is 0 Å². The molecular weight excluding hydrogens is 352 g/mol. The molecular formula is C16H22N8O3. The van der Waals surface area contributed by atoms with Crippen molar-refractivity contribution in [2.75, 3.05) is 29.5 Å². The van der Waals surface area contributed by atoms with Gasteiger partial charge in [0, 0.05) is 31.1 Å². The number of pyridine rings is 2. The Morgan fingerprint density at radius 3 is 1.78 bits per heavy atom. The van der Waals surface area contributed by atoms with Crippen LogP contribution >= 0.6 is 0 Å². The number of fused-ring (bicyclic) bond motifs is 1. The van der Waals surface area contributed by atoms with Crippen LogP contribution in [-0.2, 0) is 9.59 Å². The number of carbonyl (C=O) groups excluding carboxylic acids is 2. The van der Waals surface area contributed by atoms with Gasteiger partial charge in [-0.3, -0.25) is 19.6 Å². The van der Waals surface area contributed by atoms with Crippen LogP contribution in [0.15, 0.2) is 36.9 Å². The van der Waals surface area contributed by atoms with Crippen molar-refractivity contribution in [3.63, 3.8) is 0 Å². The van der Waals surface area contributed by atoms with Gasteiger partial charge in [-0.25, -0.2) is 9.97 Å². The standard InChI is InChI=1S/C7H6N4.C5H8N4.C2H2O2.C2H6O/c8-7-3-5-6(4-11-7)10-2-1-9-5;6-3-1-5(8)9-2-4(3)7;3-1-2-4;1-2-3/h1-4H,(H2,8,11);1-2H,7H2,(H4,6,8,9);1-2H;3H,2H2,1H3. The first-order valence-electron chi connectivity index (χ1n) is 7.48. The summed E-state index contributed by atoms with van der Waals surface area (Å²) in [4.78, 5) is 33.3. The summed E-state index contributed by atoms with van der Waals surface area (Å²) < 4.78 is 0. The Balaban J connectivity index is 0.000000381. The van der Waals surface area contributed by atoms with Crippen LogP contribution in [0.4, 0.5) is 23.0 Å². The molecule has 3 aromatic rings. The summed E-state index contributed by atoms with van der Waals surface area (Å²) in [5.74, 6) is 0.861. The Morgan fingerprint density at radius 2 is 1.30 bits per heavy atom. The number of aromatic nitrogens is 4. The van der Waals surface area contributed by atoms with Crippen LogP contribution in [0.3, 0.4) is 0 Å². The van der Waals surface area contributed by atoms with Gasteiger partial charge in [0.05, 0.1) is 29.3 Å². The van der Waals surface area contributed by atoms with Crippen LogP contribution in [0.1, 0.15) is 6.92 Å². The van der Waals surface area contributed by atoms with Crippen LogP contribution in [0.5, 0.6) is 0 Å². The third-order valence-electron chi connectivity index (χ3n) is 2.42. The fourth-order valence-corrected chi connectivity index (χ4v) is 1.38. The van der Waals surface area contributed by atoms with Gasteiger partial charge in [0.15, 0.2) is 12.6 Å². The molecule has 3 aromatic heterocycles. The lowest BCUT2D eigenvalue weighted by molar-refractivity contribution is -0.122. The van der Waals surface area contributed by atoms with E-state index in [1.165, 1.54) is 12.3 Å². The van der Waals surface area contributed by atoms with E-state index in [-0.39, 0.29) is 19.2 Å². The fourth-order valence-electron chi connectivity index (χ4n) is 1.38. The van der Waals surface area contributed by atoms with Gasteiger partial charge in [-0.05, 0) is 6.92 Å². The lowest BCUT2D eigenvalue weighted by atomic mass is 10.3. The van der Waals surface area contributed by atoms with Crippen molar-refractivity contribution in [1.82, 2.24) is 19.9 Å². The minimum Gasteiger partial charge on any atom is -0.397 e. The van der Waals surface area contributed by atoms with Gasteiger partial charge in [-0.1, -0.05) is 0 Å². The number of nitrogens with zero attached hydrogens (tertiary/aromatic N) is 4. The molecule has 0 unspecified atom stereocenters. The first-order chi connectivity index (χ1) is 12.9. The number of aldehydes is 2. The number of carbonyl (C=O) groups is 2. The van der Waals surface area contributed by atoms with Crippen molar-refractivity contribution >= 4 is 46.6 Å². The van der Waals surface area contributed by atoms with Crippen molar-refractivity contribution in [2.45, 2.75) is 6.92 Å². The van der Waals surface area contributed by atoms with E-state index in [9.17, 15) is 0 Å². The quantitative estimate of drug-likeness (QED) is 0.278. The second-order valence-electron chi connectivity index (χ2n) is 4.48. The average Bonchev–Trinajstić information content (AvgIpc) is 2.66. The molecule has 0 radical (unpaired) electrons. The zero-order valence-corrected chi connectivity index (χ0v) is 14.7. The summed E-state index contributed by atoms with van der Waals surface area (Å²) in [6.07, 6.45) is 6.68. The summed E-state index contributed by atoms with van der Waals surface area (Å²) in [7, 11) is 0. The number of aliphatic hydroxyl groups excluding tert-OH is 1. The molecule has 0 aliphatic carbocycles.